The van der Waals surface area contributed by atoms with Gasteiger partial charge in [-0.05, 0) is 30.5 Å². The van der Waals surface area contributed by atoms with Crippen LogP contribution in [0.25, 0.3) is 0 Å². The van der Waals surface area contributed by atoms with Gasteiger partial charge in [0.2, 0.25) is 0 Å². The van der Waals surface area contributed by atoms with E-state index >= 15 is 0 Å². The van der Waals surface area contributed by atoms with Gasteiger partial charge in [0.15, 0.2) is 0 Å². The topological polar surface area (TPSA) is 55.5 Å². The average Bonchev–Trinajstić information content (AvgIpc) is 2.42. The molecule has 0 aliphatic carbocycles. The molecule has 7 heteroatoms. The summed E-state index contributed by atoms with van der Waals surface area (Å²) in [6, 6.07) is 5.70. The molecule has 1 atom stereocenters. The van der Waals surface area contributed by atoms with E-state index in [0.29, 0.717) is 12.0 Å². The van der Waals surface area contributed by atoms with E-state index in [2.05, 4.69) is 4.74 Å². The molecule has 21 heavy (non-hydrogen) atoms. The van der Waals surface area contributed by atoms with Crippen molar-refractivity contribution >= 4 is 0 Å². The number of alkyl halides is 3. The zero-order chi connectivity index (χ0) is 15.9. The third-order valence-electron chi connectivity index (χ3n) is 3.34. The number of halogens is 4. The van der Waals surface area contributed by atoms with Crippen LogP contribution >= 0.6 is 0 Å². The summed E-state index contributed by atoms with van der Waals surface area (Å²) in [5.41, 5.74) is 5.34. The van der Waals surface area contributed by atoms with E-state index in [0.717, 1.165) is 0 Å². The number of ether oxygens (including phenoxy) is 1. The van der Waals surface area contributed by atoms with E-state index in [4.69, 9.17) is 5.73 Å². The molecule has 0 amide bonds. The highest BCUT2D eigenvalue weighted by molar-refractivity contribution is 5.27. The van der Waals surface area contributed by atoms with E-state index in [1.807, 2.05) is 0 Å². The maximum Gasteiger partial charge on any atom is 0.411 e. The highest BCUT2D eigenvalue weighted by atomic mass is 19.4. The molecule has 1 aromatic carbocycles. The molecule has 1 aromatic rings. The minimum atomic E-state index is -4.36. The standard InChI is InChI=1S/C14H19F4NO2/c15-12-4-1-3-11(7-12)13(8-19,9-20)5-2-6-21-10-14(16,17)18/h1,3-4,7,20H,2,5-6,8-10,19H2. The number of benzene rings is 1. The van der Waals surface area contributed by atoms with Gasteiger partial charge in [-0.25, -0.2) is 4.39 Å². The summed E-state index contributed by atoms with van der Waals surface area (Å²) in [7, 11) is 0. The maximum absolute atomic E-state index is 13.3. The van der Waals surface area contributed by atoms with Crippen LogP contribution in [0.2, 0.25) is 0 Å². The van der Waals surface area contributed by atoms with E-state index < -0.39 is 24.0 Å². The molecule has 120 valence electrons. The number of hydrogen-bond acceptors (Lipinski definition) is 3. The summed E-state index contributed by atoms with van der Waals surface area (Å²) < 4.78 is 53.6. The molecule has 0 saturated carbocycles. The Morgan fingerprint density at radius 3 is 2.48 bits per heavy atom. The molecule has 0 radical (unpaired) electrons. The van der Waals surface area contributed by atoms with Crippen LogP contribution in [0, 0.1) is 5.82 Å². The molecule has 0 aliphatic heterocycles. The van der Waals surface area contributed by atoms with Crippen molar-refractivity contribution in [1.82, 2.24) is 0 Å². The molecule has 0 spiro atoms. The number of rotatable bonds is 8. The van der Waals surface area contributed by atoms with Gasteiger partial charge in [0.25, 0.3) is 0 Å². The molecule has 0 bridgehead atoms. The normalized spacial score (nSPS) is 15.0. The lowest BCUT2D eigenvalue weighted by Gasteiger charge is -2.31. The smallest absolute Gasteiger partial charge is 0.395 e. The van der Waals surface area contributed by atoms with Crippen molar-refractivity contribution < 1.29 is 27.4 Å². The van der Waals surface area contributed by atoms with Crippen molar-refractivity contribution in [2.75, 3.05) is 26.4 Å². The molecule has 3 nitrogen and oxygen atoms in total. The predicted molar refractivity (Wildman–Crippen MR) is 70.3 cm³/mol. The fourth-order valence-corrected chi connectivity index (χ4v) is 2.12. The fourth-order valence-electron chi connectivity index (χ4n) is 2.12. The molecular formula is C14H19F4NO2. The molecule has 1 rings (SSSR count). The number of nitrogens with two attached hydrogens (primary N) is 1. The van der Waals surface area contributed by atoms with Crippen LogP contribution in [0.4, 0.5) is 17.6 Å². The third kappa shape index (κ3) is 5.61. The Morgan fingerprint density at radius 2 is 1.95 bits per heavy atom. The van der Waals surface area contributed by atoms with Gasteiger partial charge in [-0.1, -0.05) is 12.1 Å². The Morgan fingerprint density at radius 1 is 1.24 bits per heavy atom. The zero-order valence-electron chi connectivity index (χ0n) is 11.5. The van der Waals surface area contributed by atoms with Crippen LogP contribution < -0.4 is 5.73 Å². The molecule has 0 saturated heterocycles. The largest absolute Gasteiger partial charge is 0.411 e. The first kappa shape index (κ1) is 17.9. The van der Waals surface area contributed by atoms with E-state index in [1.165, 1.54) is 18.2 Å². The van der Waals surface area contributed by atoms with E-state index in [1.54, 1.807) is 6.07 Å². The van der Waals surface area contributed by atoms with Crippen molar-refractivity contribution in [1.29, 1.82) is 0 Å². The van der Waals surface area contributed by atoms with Gasteiger partial charge < -0.3 is 15.6 Å². The lowest BCUT2D eigenvalue weighted by molar-refractivity contribution is -0.174. The number of aliphatic hydroxyl groups excluding tert-OH is 1. The Balaban J connectivity index is 2.61. The van der Waals surface area contributed by atoms with Crippen LogP contribution in [0.5, 0.6) is 0 Å². The van der Waals surface area contributed by atoms with Gasteiger partial charge in [-0.3, -0.25) is 0 Å². The van der Waals surface area contributed by atoms with Crippen LogP contribution in [0.15, 0.2) is 24.3 Å². The minimum absolute atomic E-state index is 0.0617. The van der Waals surface area contributed by atoms with Crippen molar-refractivity contribution in [3.05, 3.63) is 35.6 Å². The Kier molecular flexibility index (Phi) is 6.57. The molecule has 0 aromatic heterocycles. The summed E-state index contributed by atoms with van der Waals surface area (Å²) in [5, 5.41) is 9.58. The highest BCUT2D eigenvalue weighted by Crippen LogP contribution is 2.29. The molecule has 0 heterocycles. The first-order valence-electron chi connectivity index (χ1n) is 6.54. The molecular weight excluding hydrogens is 290 g/mol. The van der Waals surface area contributed by atoms with Gasteiger partial charge in [-0.2, -0.15) is 13.2 Å². The Bertz CT molecular complexity index is 433. The zero-order valence-corrected chi connectivity index (χ0v) is 11.5. The third-order valence-corrected chi connectivity index (χ3v) is 3.34. The van der Waals surface area contributed by atoms with Crippen molar-refractivity contribution in [2.45, 2.75) is 24.4 Å². The quantitative estimate of drug-likeness (QED) is 0.572. The fraction of sp³-hybridized carbons (Fsp3) is 0.571. The maximum atomic E-state index is 13.3. The van der Waals surface area contributed by atoms with Gasteiger partial charge in [0.1, 0.15) is 12.4 Å². The van der Waals surface area contributed by atoms with Crippen molar-refractivity contribution in [2.24, 2.45) is 5.73 Å². The Labute approximate surface area is 120 Å². The average molecular weight is 309 g/mol. The minimum Gasteiger partial charge on any atom is -0.395 e. The van der Waals surface area contributed by atoms with Gasteiger partial charge in [-0.15, -0.1) is 0 Å². The predicted octanol–water partition coefficient (Wildman–Crippen LogP) is 2.37. The summed E-state index contributed by atoms with van der Waals surface area (Å²) in [6.07, 6.45) is -3.77. The number of aliphatic hydroxyl groups is 1. The monoisotopic (exact) mass is 309 g/mol. The summed E-state index contributed by atoms with van der Waals surface area (Å²) in [4.78, 5) is 0. The second-order valence-electron chi connectivity index (χ2n) is 4.92. The second-order valence-corrected chi connectivity index (χ2v) is 4.92. The molecule has 3 N–H and O–H groups in total. The highest BCUT2D eigenvalue weighted by Gasteiger charge is 2.31. The first-order chi connectivity index (χ1) is 9.83. The SMILES string of the molecule is NCC(CO)(CCCOCC(F)(F)F)c1cccc(F)c1. The first-order valence-corrected chi connectivity index (χ1v) is 6.54. The van der Waals surface area contributed by atoms with E-state index in [9.17, 15) is 22.7 Å². The van der Waals surface area contributed by atoms with Crippen LogP contribution in [-0.2, 0) is 10.2 Å². The number of hydrogen-bond donors (Lipinski definition) is 2. The van der Waals surface area contributed by atoms with Gasteiger partial charge >= 0.3 is 6.18 Å². The Hall–Kier alpha value is -1.18. The van der Waals surface area contributed by atoms with Crippen LogP contribution in [0.1, 0.15) is 18.4 Å². The van der Waals surface area contributed by atoms with Crippen LogP contribution in [-0.4, -0.2) is 37.6 Å². The summed E-state index contributed by atoms with van der Waals surface area (Å²) in [6.45, 7) is -1.66. The van der Waals surface area contributed by atoms with E-state index in [-0.39, 0.29) is 26.2 Å². The van der Waals surface area contributed by atoms with Crippen LogP contribution in [0.3, 0.4) is 0 Å². The summed E-state index contributed by atoms with van der Waals surface area (Å²) >= 11 is 0. The second kappa shape index (κ2) is 7.72. The van der Waals surface area contributed by atoms with Crippen molar-refractivity contribution in [3.63, 3.8) is 0 Å². The lowest BCUT2D eigenvalue weighted by Crippen LogP contribution is -2.39. The lowest BCUT2D eigenvalue weighted by atomic mass is 9.77. The van der Waals surface area contributed by atoms with Gasteiger partial charge in [0.05, 0.1) is 6.61 Å². The summed E-state index contributed by atoms with van der Waals surface area (Å²) in [5.74, 6) is -0.452. The van der Waals surface area contributed by atoms with Crippen molar-refractivity contribution in [3.8, 4) is 0 Å². The molecule has 1 unspecified atom stereocenters. The van der Waals surface area contributed by atoms with Gasteiger partial charge in [0, 0.05) is 18.6 Å². The molecule has 0 fully saturated rings. The molecule has 0 aliphatic rings.